The van der Waals surface area contributed by atoms with Crippen molar-refractivity contribution in [1.82, 2.24) is 0 Å². The molecule has 3 nitrogen and oxygen atoms in total. The molecule has 0 bridgehead atoms. The summed E-state index contributed by atoms with van der Waals surface area (Å²) < 4.78 is 5.22. The van der Waals surface area contributed by atoms with Gasteiger partial charge in [0.1, 0.15) is 0 Å². The van der Waals surface area contributed by atoms with Crippen molar-refractivity contribution in [1.29, 1.82) is 0 Å². The van der Waals surface area contributed by atoms with Crippen molar-refractivity contribution in [2.45, 2.75) is 25.4 Å². The first kappa shape index (κ1) is 8.27. The number of aliphatic carboxylic acids is 1. The SMILES string of the molecule is C=C(COC1CCC1)C(=O)O. The van der Waals surface area contributed by atoms with Crippen molar-refractivity contribution in [3.63, 3.8) is 0 Å². The largest absolute Gasteiger partial charge is 0.478 e. The van der Waals surface area contributed by atoms with Crippen LogP contribution in [-0.2, 0) is 9.53 Å². The molecular weight excluding hydrogens is 144 g/mol. The van der Waals surface area contributed by atoms with Crippen LogP contribution in [0.15, 0.2) is 12.2 Å². The fourth-order valence-electron chi connectivity index (χ4n) is 0.818. The minimum absolute atomic E-state index is 0.136. The Morgan fingerprint density at radius 1 is 1.64 bits per heavy atom. The number of carboxylic acids is 1. The molecule has 1 fully saturated rings. The summed E-state index contributed by atoms with van der Waals surface area (Å²) in [6, 6.07) is 0. The number of ether oxygens (including phenoxy) is 1. The van der Waals surface area contributed by atoms with E-state index in [1.54, 1.807) is 0 Å². The molecule has 0 aromatic heterocycles. The van der Waals surface area contributed by atoms with Gasteiger partial charge in [-0.05, 0) is 19.3 Å². The predicted molar refractivity (Wildman–Crippen MR) is 40.4 cm³/mol. The molecule has 62 valence electrons. The second-order valence-corrected chi connectivity index (χ2v) is 2.77. The van der Waals surface area contributed by atoms with Gasteiger partial charge in [0.2, 0.25) is 0 Å². The van der Waals surface area contributed by atoms with Crippen LogP contribution < -0.4 is 0 Å². The minimum atomic E-state index is -0.968. The number of hydrogen-bond acceptors (Lipinski definition) is 2. The van der Waals surface area contributed by atoms with Gasteiger partial charge < -0.3 is 9.84 Å². The first-order valence-corrected chi connectivity index (χ1v) is 3.73. The van der Waals surface area contributed by atoms with Crippen molar-refractivity contribution in [3.8, 4) is 0 Å². The van der Waals surface area contributed by atoms with Gasteiger partial charge in [0.15, 0.2) is 0 Å². The van der Waals surface area contributed by atoms with Gasteiger partial charge in [-0.15, -0.1) is 0 Å². The van der Waals surface area contributed by atoms with Crippen molar-refractivity contribution in [2.24, 2.45) is 0 Å². The van der Waals surface area contributed by atoms with Gasteiger partial charge in [0, 0.05) is 0 Å². The Hall–Kier alpha value is -0.830. The third-order valence-electron chi connectivity index (χ3n) is 1.85. The lowest BCUT2D eigenvalue weighted by molar-refractivity contribution is -0.133. The quantitative estimate of drug-likeness (QED) is 0.622. The number of carbonyl (C=O) groups is 1. The summed E-state index contributed by atoms with van der Waals surface area (Å²) >= 11 is 0. The molecule has 0 spiro atoms. The second-order valence-electron chi connectivity index (χ2n) is 2.77. The highest BCUT2D eigenvalue weighted by Gasteiger charge is 2.18. The van der Waals surface area contributed by atoms with E-state index in [0.29, 0.717) is 0 Å². The van der Waals surface area contributed by atoms with Crippen LogP contribution in [0.5, 0.6) is 0 Å². The van der Waals surface area contributed by atoms with Crippen molar-refractivity contribution >= 4 is 5.97 Å². The van der Waals surface area contributed by atoms with Crippen molar-refractivity contribution < 1.29 is 14.6 Å². The molecule has 0 radical (unpaired) electrons. The van der Waals surface area contributed by atoms with Crippen LogP contribution in [0, 0.1) is 0 Å². The van der Waals surface area contributed by atoms with Gasteiger partial charge in [-0.25, -0.2) is 4.79 Å². The molecule has 1 aliphatic rings. The molecule has 11 heavy (non-hydrogen) atoms. The predicted octanol–water partition coefficient (Wildman–Crippen LogP) is 1.20. The van der Waals surface area contributed by atoms with Crippen LogP contribution in [0.3, 0.4) is 0 Å². The first-order chi connectivity index (χ1) is 5.20. The van der Waals surface area contributed by atoms with Crippen LogP contribution in [0.1, 0.15) is 19.3 Å². The van der Waals surface area contributed by atoms with Crippen LogP contribution >= 0.6 is 0 Å². The molecule has 1 saturated carbocycles. The normalized spacial score (nSPS) is 17.5. The molecule has 0 saturated heterocycles. The Bertz CT molecular complexity index is 170. The Morgan fingerprint density at radius 3 is 2.64 bits per heavy atom. The molecule has 0 unspecified atom stereocenters. The van der Waals surface area contributed by atoms with Crippen LogP contribution in [0.2, 0.25) is 0 Å². The van der Waals surface area contributed by atoms with Crippen LogP contribution in [0.4, 0.5) is 0 Å². The summed E-state index contributed by atoms with van der Waals surface area (Å²) in [5.74, 6) is -0.968. The molecule has 1 aliphatic carbocycles. The number of hydrogen-bond donors (Lipinski definition) is 1. The molecular formula is C8H12O3. The van der Waals surface area contributed by atoms with E-state index < -0.39 is 5.97 Å². The Balaban J connectivity index is 2.10. The van der Waals surface area contributed by atoms with Gasteiger partial charge in [-0.1, -0.05) is 6.58 Å². The van der Waals surface area contributed by atoms with Crippen molar-refractivity contribution in [3.05, 3.63) is 12.2 Å². The van der Waals surface area contributed by atoms with Gasteiger partial charge in [-0.2, -0.15) is 0 Å². The Kier molecular flexibility index (Phi) is 2.65. The highest BCUT2D eigenvalue weighted by Crippen LogP contribution is 2.22. The smallest absolute Gasteiger partial charge is 0.333 e. The maximum absolute atomic E-state index is 10.2. The zero-order chi connectivity index (χ0) is 8.27. The summed E-state index contributed by atoms with van der Waals surface area (Å²) in [4.78, 5) is 10.2. The number of carboxylic acid groups (broad SMARTS) is 1. The maximum atomic E-state index is 10.2. The zero-order valence-electron chi connectivity index (χ0n) is 6.38. The van der Waals surface area contributed by atoms with E-state index in [9.17, 15) is 4.79 Å². The topological polar surface area (TPSA) is 46.5 Å². The average Bonchev–Trinajstić information content (AvgIpc) is 1.83. The molecule has 1 rings (SSSR count). The lowest BCUT2D eigenvalue weighted by Gasteiger charge is -2.25. The molecule has 0 atom stereocenters. The summed E-state index contributed by atoms with van der Waals surface area (Å²) in [7, 11) is 0. The summed E-state index contributed by atoms with van der Waals surface area (Å²) in [6.45, 7) is 3.53. The Labute approximate surface area is 65.7 Å². The second kappa shape index (κ2) is 3.53. The average molecular weight is 156 g/mol. The van der Waals surface area contributed by atoms with Gasteiger partial charge in [-0.3, -0.25) is 0 Å². The molecule has 3 heteroatoms. The lowest BCUT2D eigenvalue weighted by Crippen LogP contribution is -2.23. The monoisotopic (exact) mass is 156 g/mol. The third kappa shape index (κ3) is 2.35. The van der Waals surface area contributed by atoms with E-state index in [1.165, 1.54) is 6.42 Å². The molecule has 0 heterocycles. The summed E-state index contributed by atoms with van der Waals surface area (Å²) in [5.41, 5.74) is 0.136. The van der Waals surface area contributed by atoms with Crippen LogP contribution in [-0.4, -0.2) is 23.8 Å². The first-order valence-electron chi connectivity index (χ1n) is 3.73. The molecule has 0 aromatic carbocycles. The van der Waals surface area contributed by atoms with Gasteiger partial charge in [0.25, 0.3) is 0 Å². The van der Waals surface area contributed by atoms with E-state index in [2.05, 4.69) is 6.58 Å². The maximum Gasteiger partial charge on any atom is 0.333 e. The van der Waals surface area contributed by atoms with Crippen molar-refractivity contribution in [2.75, 3.05) is 6.61 Å². The molecule has 0 amide bonds. The van der Waals surface area contributed by atoms with E-state index >= 15 is 0 Å². The highest BCUT2D eigenvalue weighted by molar-refractivity contribution is 5.85. The molecule has 0 aromatic rings. The van der Waals surface area contributed by atoms with E-state index in [1.807, 2.05) is 0 Å². The standard InChI is InChI=1S/C8H12O3/c1-6(8(9)10)5-11-7-3-2-4-7/h7H,1-5H2,(H,9,10). The van der Waals surface area contributed by atoms with E-state index in [0.717, 1.165) is 12.8 Å². The zero-order valence-corrected chi connectivity index (χ0v) is 6.38. The fourth-order valence-corrected chi connectivity index (χ4v) is 0.818. The lowest BCUT2D eigenvalue weighted by atomic mass is 9.96. The molecule has 0 aliphatic heterocycles. The number of rotatable bonds is 4. The van der Waals surface area contributed by atoms with Crippen LogP contribution in [0.25, 0.3) is 0 Å². The van der Waals surface area contributed by atoms with E-state index in [4.69, 9.17) is 9.84 Å². The van der Waals surface area contributed by atoms with Gasteiger partial charge >= 0.3 is 5.97 Å². The summed E-state index contributed by atoms with van der Waals surface area (Å²) in [6.07, 6.45) is 3.61. The minimum Gasteiger partial charge on any atom is -0.478 e. The fraction of sp³-hybridized carbons (Fsp3) is 0.625. The van der Waals surface area contributed by atoms with Gasteiger partial charge in [0.05, 0.1) is 18.3 Å². The molecule has 1 N–H and O–H groups in total. The Morgan fingerprint density at radius 2 is 2.27 bits per heavy atom. The van der Waals surface area contributed by atoms with E-state index in [-0.39, 0.29) is 18.3 Å². The summed E-state index contributed by atoms with van der Waals surface area (Å²) in [5, 5.41) is 8.41. The highest BCUT2D eigenvalue weighted by atomic mass is 16.5. The third-order valence-corrected chi connectivity index (χ3v) is 1.85.